The molecule has 7 nitrogen and oxygen atoms in total. The minimum absolute atomic E-state index is 0.0337. The van der Waals surface area contributed by atoms with Crippen LogP contribution >= 0.6 is 0 Å². The van der Waals surface area contributed by atoms with Crippen molar-refractivity contribution in [3.63, 3.8) is 0 Å². The van der Waals surface area contributed by atoms with Crippen LogP contribution in [0.3, 0.4) is 0 Å². The Bertz CT molecular complexity index is 1290. The van der Waals surface area contributed by atoms with Crippen molar-refractivity contribution in [2.24, 2.45) is 0 Å². The van der Waals surface area contributed by atoms with Crippen LogP contribution in [0, 0.1) is 0 Å². The molecule has 34 heavy (non-hydrogen) atoms. The van der Waals surface area contributed by atoms with Crippen LogP contribution in [0.2, 0.25) is 0 Å². The summed E-state index contributed by atoms with van der Waals surface area (Å²) in [5.74, 6) is 0.868. The molecule has 0 radical (unpaired) electrons. The molecule has 5 rings (SSSR count). The number of benzene rings is 3. The zero-order chi connectivity index (χ0) is 23.5. The first kappa shape index (κ1) is 21.5. The third kappa shape index (κ3) is 4.15. The molecule has 2 heterocycles. The summed E-state index contributed by atoms with van der Waals surface area (Å²) in [6.45, 7) is 0.364. The van der Waals surface area contributed by atoms with Gasteiger partial charge in [-0.2, -0.15) is 0 Å². The Morgan fingerprint density at radius 1 is 0.882 bits per heavy atom. The van der Waals surface area contributed by atoms with E-state index in [1.54, 1.807) is 12.0 Å². The van der Waals surface area contributed by atoms with Gasteiger partial charge in [-0.3, -0.25) is 9.69 Å². The van der Waals surface area contributed by atoms with Gasteiger partial charge >= 0.3 is 6.03 Å². The molecule has 170 valence electrons. The van der Waals surface area contributed by atoms with Gasteiger partial charge in [-0.1, -0.05) is 60.7 Å². The summed E-state index contributed by atoms with van der Waals surface area (Å²) >= 11 is 0. The molecule has 0 bridgehead atoms. The smallest absolute Gasteiger partial charge is 0.328 e. The summed E-state index contributed by atoms with van der Waals surface area (Å²) in [6, 6.07) is 25.3. The molecule has 1 saturated heterocycles. The molecule has 1 fully saturated rings. The Kier molecular flexibility index (Phi) is 5.82. The van der Waals surface area contributed by atoms with Crippen LogP contribution in [0.4, 0.5) is 4.79 Å². The van der Waals surface area contributed by atoms with Crippen LogP contribution in [0.5, 0.6) is 5.75 Å². The van der Waals surface area contributed by atoms with Crippen LogP contribution < -0.4 is 4.74 Å². The van der Waals surface area contributed by atoms with Crippen molar-refractivity contribution in [3.8, 4) is 17.2 Å². The van der Waals surface area contributed by atoms with Crippen molar-refractivity contribution < 1.29 is 18.7 Å². The predicted molar refractivity (Wildman–Crippen MR) is 126 cm³/mol. The summed E-state index contributed by atoms with van der Waals surface area (Å²) < 4.78 is 10.8. The van der Waals surface area contributed by atoms with Gasteiger partial charge in [0.15, 0.2) is 0 Å². The summed E-state index contributed by atoms with van der Waals surface area (Å²) in [6.07, 6.45) is 1.48. The van der Waals surface area contributed by atoms with E-state index in [9.17, 15) is 9.59 Å². The lowest BCUT2D eigenvalue weighted by molar-refractivity contribution is -0.129. The first-order valence-corrected chi connectivity index (χ1v) is 10.9. The number of oxazole rings is 1. The molecule has 0 N–H and O–H groups in total. The maximum Gasteiger partial charge on any atom is 0.328 e. The van der Waals surface area contributed by atoms with Gasteiger partial charge in [-0.05, 0) is 35.4 Å². The maximum atomic E-state index is 13.5. The standard InChI is InChI=1S/C27H23N3O4/c1-33-23-14-12-21(13-15-23)25-28-22(18-34-25)17-30-26(31)24(20-10-6-3-7-11-20)29(27(30)32)16-19-8-4-2-5-9-19/h2-15,18,24H,16-17H2,1H3. The molecule has 1 aliphatic rings. The Hall–Kier alpha value is -4.39. The third-order valence-electron chi connectivity index (χ3n) is 5.81. The topological polar surface area (TPSA) is 75.9 Å². The van der Waals surface area contributed by atoms with E-state index in [-0.39, 0.29) is 18.5 Å². The van der Waals surface area contributed by atoms with Gasteiger partial charge in [0.05, 0.1) is 19.3 Å². The molecule has 3 aromatic carbocycles. The number of amides is 3. The number of carbonyl (C=O) groups is 2. The van der Waals surface area contributed by atoms with Gasteiger partial charge in [0.1, 0.15) is 18.1 Å². The Balaban J connectivity index is 1.41. The fraction of sp³-hybridized carbons (Fsp3) is 0.148. The van der Waals surface area contributed by atoms with E-state index in [0.717, 1.165) is 22.4 Å². The second kappa shape index (κ2) is 9.23. The van der Waals surface area contributed by atoms with E-state index >= 15 is 0 Å². The minimum atomic E-state index is -0.693. The summed E-state index contributed by atoms with van der Waals surface area (Å²) in [5, 5.41) is 0. The largest absolute Gasteiger partial charge is 0.497 e. The summed E-state index contributed by atoms with van der Waals surface area (Å²) in [7, 11) is 1.60. The van der Waals surface area contributed by atoms with Crippen LogP contribution in [-0.4, -0.2) is 33.8 Å². The van der Waals surface area contributed by atoms with E-state index in [2.05, 4.69) is 4.98 Å². The fourth-order valence-corrected chi connectivity index (χ4v) is 4.09. The zero-order valence-corrected chi connectivity index (χ0v) is 18.6. The highest BCUT2D eigenvalue weighted by Crippen LogP contribution is 2.33. The number of aromatic nitrogens is 1. The molecule has 1 unspecified atom stereocenters. The lowest BCUT2D eigenvalue weighted by atomic mass is 10.1. The highest BCUT2D eigenvalue weighted by Gasteiger charge is 2.46. The van der Waals surface area contributed by atoms with Crippen LogP contribution in [0.15, 0.2) is 95.6 Å². The number of carbonyl (C=O) groups excluding carboxylic acids is 2. The monoisotopic (exact) mass is 453 g/mol. The fourth-order valence-electron chi connectivity index (χ4n) is 4.09. The SMILES string of the molecule is COc1ccc(-c2nc(CN3C(=O)C(c4ccccc4)N(Cc4ccccc4)C3=O)co2)cc1. The minimum Gasteiger partial charge on any atom is -0.497 e. The molecule has 1 aromatic heterocycles. The highest BCUT2D eigenvalue weighted by atomic mass is 16.5. The molecule has 0 saturated carbocycles. The number of nitrogens with zero attached hydrogens (tertiary/aromatic N) is 3. The molecule has 1 aliphatic heterocycles. The second-order valence-electron chi connectivity index (χ2n) is 8.01. The molecule has 4 aromatic rings. The van der Waals surface area contributed by atoms with Gasteiger partial charge < -0.3 is 14.1 Å². The molecule has 1 atom stereocenters. The number of ether oxygens (including phenoxy) is 1. The number of methoxy groups -OCH3 is 1. The average molecular weight is 453 g/mol. The van der Waals surface area contributed by atoms with Crippen molar-refractivity contribution in [1.29, 1.82) is 0 Å². The Labute approximate surface area is 197 Å². The predicted octanol–water partition coefficient (Wildman–Crippen LogP) is 5.06. The van der Waals surface area contributed by atoms with E-state index in [1.807, 2.05) is 84.9 Å². The summed E-state index contributed by atoms with van der Waals surface area (Å²) in [4.78, 5) is 34.2. The zero-order valence-electron chi connectivity index (χ0n) is 18.6. The number of hydrogen-bond donors (Lipinski definition) is 0. The number of rotatable bonds is 7. The normalized spacial score (nSPS) is 15.7. The van der Waals surface area contributed by atoms with E-state index in [1.165, 1.54) is 11.2 Å². The van der Waals surface area contributed by atoms with Crippen molar-refractivity contribution in [1.82, 2.24) is 14.8 Å². The number of imide groups is 1. The Morgan fingerprint density at radius 2 is 1.56 bits per heavy atom. The van der Waals surface area contributed by atoms with Gasteiger partial charge in [0, 0.05) is 12.1 Å². The third-order valence-corrected chi connectivity index (χ3v) is 5.81. The molecular weight excluding hydrogens is 430 g/mol. The van der Waals surface area contributed by atoms with Gasteiger partial charge in [0.25, 0.3) is 5.91 Å². The number of hydrogen-bond acceptors (Lipinski definition) is 5. The molecule has 3 amide bonds. The summed E-state index contributed by atoms with van der Waals surface area (Å²) in [5.41, 5.74) is 3.01. The molecule has 7 heteroatoms. The lowest BCUT2D eigenvalue weighted by Gasteiger charge is -2.22. The van der Waals surface area contributed by atoms with E-state index in [4.69, 9.17) is 9.15 Å². The molecule has 0 aliphatic carbocycles. The van der Waals surface area contributed by atoms with Crippen molar-refractivity contribution in [2.75, 3.05) is 7.11 Å². The van der Waals surface area contributed by atoms with E-state index in [0.29, 0.717) is 18.1 Å². The molecule has 0 spiro atoms. The van der Waals surface area contributed by atoms with Crippen LogP contribution in [0.1, 0.15) is 22.9 Å². The van der Waals surface area contributed by atoms with Crippen molar-refractivity contribution in [2.45, 2.75) is 19.1 Å². The van der Waals surface area contributed by atoms with Crippen molar-refractivity contribution in [3.05, 3.63) is 108 Å². The Morgan fingerprint density at radius 3 is 2.24 bits per heavy atom. The number of urea groups is 1. The molecular formula is C27H23N3O4. The van der Waals surface area contributed by atoms with Crippen molar-refractivity contribution >= 4 is 11.9 Å². The van der Waals surface area contributed by atoms with Crippen LogP contribution in [0.25, 0.3) is 11.5 Å². The van der Waals surface area contributed by atoms with Gasteiger partial charge in [-0.15, -0.1) is 0 Å². The maximum absolute atomic E-state index is 13.5. The van der Waals surface area contributed by atoms with Crippen LogP contribution in [-0.2, 0) is 17.9 Å². The lowest BCUT2D eigenvalue weighted by Crippen LogP contribution is -2.32. The quantitative estimate of drug-likeness (QED) is 0.366. The highest BCUT2D eigenvalue weighted by molar-refractivity contribution is 6.04. The van der Waals surface area contributed by atoms with Gasteiger partial charge in [0.2, 0.25) is 5.89 Å². The van der Waals surface area contributed by atoms with E-state index < -0.39 is 6.04 Å². The first-order chi connectivity index (χ1) is 16.6. The first-order valence-electron chi connectivity index (χ1n) is 10.9. The second-order valence-corrected chi connectivity index (χ2v) is 8.01. The average Bonchev–Trinajstić information content (AvgIpc) is 3.44. The van der Waals surface area contributed by atoms with Gasteiger partial charge in [-0.25, -0.2) is 9.78 Å².